The summed E-state index contributed by atoms with van der Waals surface area (Å²) in [6, 6.07) is 0. The van der Waals surface area contributed by atoms with E-state index in [1.54, 1.807) is 0 Å². The Morgan fingerprint density at radius 3 is 2.40 bits per heavy atom. The summed E-state index contributed by atoms with van der Waals surface area (Å²) in [5.74, 6) is 2.67. The van der Waals surface area contributed by atoms with Gasteiger partial charge in [0.2, 0.25) is 0 Å². The summed E-state index contributed by atoms with van der Waals surface area (Å²) >= 11 is 0. The average Bonchev–Trinajstić information content (AvgIpc) is 2.25. The SMILES string of the molecule is C#CCN(CCCN)CCNCCCN. The van der Waals surface area contributed by atoms with Gasteiger partial charge in [-0.15, -0.1) is 6.42 Å². The van der Waals surface area contributed by atoms with Crippen LogP contribution >= 0.6 is 0 Å². The van der Waals surface area contributed by atoms with Crippen molar-refractivity contribution in [1.29, 1.82) is 0 Å². The van der Waals surface area contributed by atoms with Gasteiger partial charge in [-0.1, -0.05) is 5.92 Å². The van der Waals surface area contributed by atoms with Crippen molar-refractivity contribution >= 4 is 0 Å². The molecule has 5 N–H and O–H groups in total. The highest BCUT2D eigenvalue weighted by Gasteiger charge is 2.01. The topological polar surface area (TPSA) is 67.3 Å². The Bertz CT molecular complexity index is 164. The van der Waals surface area contributed by atoms with Gasteiger partial charge in [0, 0.05) is 19.6 Å². The van der Waals surface area contributed by atoms with Crippen molar-refractivity contribution in [3.05, 3.63) is 0 Å². The van der Waals surface area contributed by atoms with Gasteiger partial charge in [0.15, 0.2) is 0 Å². The Hall–Kier alpha value is -0.600. The molecule has 0 aromatic carbocycles. The molecule has 0 saturated heterocycles. The number of nitrogens with two attached hydrogens (primary N) is 2. The van der Waals surface area contributed by atoms with E-state index in [9.17, 15) is 0 Å². The molecule has 0 bridgehead atoms. The molecule has 0 aliphatic carbocycles. The van der Waals surface area contributed by atoms with Crippen LogP contribution in [0.25, 0.3) is 0 Å². The number of nitrogens with zero attached hydrogens (tertiary/aromatic N) is 1. The molecule has 15 heavy (non-hydrogen) atoms. The second kappa shape index (κ2) is 11.5. The van der Waals surface area contributed by atoms with E-state index in [1.807, 2.05) is 0 Å². The summed E-state index contributed by atoms with van der Waals surface area (Å²) < 4.78 is 0. The van der Waals surface area contributed by atoms with Crippen LogP contribution in [0.1, 0.15) is 12.8 Å². The monoisotopic (exact) mass is 212 g/mol. The Balaban J connectivity index is 3.44. The van der Waals surface area contributed by atoms with Crippen LogP contribution in [-0.4, -0.2) is 50.7 Å². The number of nitrogens with one attached hydrogen (secondary N) is 1. The molecule has 4 nitrogen and oxygen atoms in total. The first-order chi connectivity index (χ1) is 7.35. The largest absolute Gasteiger partial charge is 0.330 e. The molecule has 0 heterocycles. The van der Waals surface area contributed by atoms with E-state index >= 15 is 0 Å². The fourth-order valence-corrected chi connectivity index (χ4v) is 1.30. The minimum atomic E-state index is 0.707. The number of hydrogen-bond acceptors (Lipinski definition) is 4. The Kier molecular flexibility index (Phi) is 11.0. The summed E-state index contributed by atoms with van der Waals surface area (Å²) in [5, 5.41) is 3.33. The lowest BCUT2D eigenvalue weighted by atomic mass is 10.3. The van der Waals surface area contributed by atoms with Gasteiger partial charge >= 0.3 is 0 Å². The second-order valence-corrected chi connectivity index (χ2v) is 3.51. The van der Waals surface area contributed by atoms with Crippen molar-refractivity contribution < 1.29 is 0 Å². The predicted octanol–water partition coefficient (Wildman–Crippen LogP) is -0.791. The number of rotatable bonds is 10. The van der Waals surface area contributed by atoms with Gasteiger partial charge in [-0.05, 0) is 32.5 Å². The van der Waals surface area contributed by atoms with Crippen molar-refractivity contribution in [3.63, 3.8) is 0 Å². The molecular formula is C11H24N4. The van der Waals surface area contributed by atoms with Crippen LogP contribution in [0, 0.1) is 12.3 Å². The third-order valence-electron chi connectivity index (χ3n) is 2.16. The van der Waals surface area contributed by atoms with Crippen molar-refractivity contribution in [3.8, 4) is 12.3 Å². The van der Waals surface area contributed by atoms with Gasteiger partial charge in [-0.3, -0.25) is 4.90 Å². The fourth-order valence-electron chi connectivity index (χ4n) is 1.30. The predicted molar refractivity (Wildman–Crippen MR) is 65.5 cm³/mol. The molecule has 0 atom stereocenters. The van der Waals surface area contributed by atoms with Crippen molar-refractivity contribution in [2.75, 3.05) is 45.8 Å². The maximum Gasteiger partial charge on any atom is 0.0599 e. The molecule has 0 fully saturated rings. The van der Waals surface area contributed by atoms with Gasteiger partial charge < -0.3 is 16.8 Å². The van der Waals surface area contributed by atoms with Gasteiger partial charge in [-0.25, -0.2) is 0 Å². The van der Waals surface area contributed by atoms with Crippen LogP contribution in [0.4, 0.5) is 0 Å². The molecule has 0 amide bonds. The van der Waals surface area contributed by atoms with Crippen LogP contribution in [0.5, 0.6) is 0 Å². The van der Waals surface area contributed by atoms with Crippen LogP contribution in [0.3, 0.4) is 0 Å². The zero-order valence-corrected chi connectivity index (χ0v) is 9.54. The van der Waals surface area contributed by atoms with Crippen LogP contribution < -0.4 is 16.8 Å². The van der Waals surface area contributed by atoms with Crippen LogP contribution in [0.15, 0.2) is 0 Å². The lowest BCUT2D eigenvalue weighted by Gasteiger charge is -2.19. The molecule has 0 radical (unpaired) electrons. The zero-order valence-electron chi connectivity index (χ0n) is 9.54. The zero-order chi connectivity index (χ0) is 11.4. The van der Waals surface area contributed by atoms with Crippen molar-refractivity contribution in [1.82, 2.24) is 10.2 Å². The third-order valence-corrected chi connectivity index (χ3v) is 2.16. The normalized spacial score (nSPS) is 10.5. The molecule has 0 unspecified atom stereocenters. The quantitative estimate of drug-likeness (QED) is 0.328. The molecule has 0 aliphatic rings. The summed E-state index contributed by atoms with van der Waals surface area (Å²) in [4.78, 5) is 2.24. The van der Waals surface area contributed by atoms with Crippen molar-refractivity contribution in [2.24, 2.45) is 11.5 Å². The molecule has 0 aromatic rings. The summed E-state index contributed by atoms with van der Waals surface area (Å²) in [6.07, 6.45) is 7.32. The molecule has 0 aromatic heterocycles. The first kappa shape index (κ1) is 14.4. The summed E-state index contributed by atoms with van der Waals surface area (Å²) in [5.41, 5.74) is 10.9. The van der Waals surface area contributed by atoms with E-state index < -0.39 is 0 Å². The highest BCUT2D eigenvalue weighted by Crippen LogP contribution is 1.88. The highest BCUT2D eigenvalue weighted by molar-refractivity contribution is 4.88. The number of terminal acetylenes is 1. The Morgan fingerprint density at radius 1 is 1.07 bits per heavy atom. The van der Waals surface area contributed by atoms with E-state index in [0.29, 0.717) is 6.54 Å². The minimum Gasteiger partial charge on any atom is -0.330 e. The van der Waals surface area contributed by atoms with Gasteiger partial charge in [0.1, 0.15) is 0 Å². The second-order valence-electron chi connectivity index (χ2n) is 3.51. The van der Waals surface area contributed by atoms with Gasteiger partial charge in [0.25, 0.3) is 0 Å². The highest BCUT2D eigenvalue weighted by atomic mass is 15.1. The van der Waals surface area contributed by atoms with E-state index in [4.69, 9.17) is 17.9 Å². The summed E-state index contributed by atoms with van der Waals surface area (Å²) in [6.45, 7) is 6.09. The summed E-state index contributed by atoms with van der Waals surface area (Å²) in [7, 11) is 0. The van der Waals surface area contributed by atoms with E-state index in [1.165, 1.54) is 0 Å². The smallest absolute Gasteiger partial charge is 0.0599 e. The van der Waals surface area contributed by atoms with E-state index in [-0.39, 0.29) is 0 Å². The Morgan fingerprint density at radius 2 is 1.80 bits per heavy atom. The lowest BCUT2D eigenvalue weighted by Crippen LogP contribution is -2.34. The molecule has 88 valence electrons. The fraction of sp³-hybridized carbons (Fsp3) is 0.818. The molecule has 0 spiro atoms. The Labute approximate surface area is 93.4 Å². The minimum absolute atomic E-state index is 0.707. The molecule has 0 rings (SSSR count). The molecular weight excluding hydrogens is 188 g/mol. The maximum atomic E-state index is 5.46. The van der Waals surface area contributed by atoms with E-state index in [2.05, 4.69) is 16.1 Å². The standard InChI is InChI=1S/C11H24N4/c1-2-9-15(10-4-6-13)11-8-14-7-3-5-12/h1,14H,3-13H2. The average molecular weight is 212 g/mol. The van der Waals surface area contributed by atoms with Crippen LogP contribution in [-0.2, 0) is 0 Å². The lowest BCUT2D eigenvalue weighted by molar-refractivity contribution is 0.303. The van der Waals surface area contributed by atoms with Crippen molar-refractivity contribution in [2.45, 2.75) is 12.8 Å². The third kappa shape index (κ3) is 9.70. The van der Waals surface area contributed by atoms with Gasteiger partial charge in [0.05, 0.1) is 6.54 Å². The maximum absolute atomic E-state index is 5.46. The first-order valence-electron chi connectivity index (χ1n) is 5.61. The van der Waals surface area contributed by atoms with Gasteiger partial charge in [-0.2, -0.15) is 0 Å². The van der Waals surface area contributed by atoms with Crippen LogP contribution in [0.2, 0.25) is 0 Å². The molecule has 0 aliphatic heterocycles. The first-order valence-corrected chi connectivity index (χ1v) is 5.61. The van der Waals surface area contributed by atoms with E-state index in [0.717, 1.165) is 52.1 Å². The molecule has 4 heteroatoms. The molecule has 0 saturated carbocycles. The number of hydrogen-bond donors (Lipinski definition) is 3.